The van der Waals surface area contributed by atoms with Crippen molar-refractivity contribution < 1.29 is 16.8 Å². The van der Waals surface area contributed by atoms with Gasteiger partial charge in [-0.15, -0.1) is 11.3 Å². The Morgan fingerprint density at radius 3 is 1.83 bits per heavy atom. The predicted molar refractivity (Wildman–Crippen MR) is 88.3 cm³/mol. The van der Waals surface area contributed by atoms with Gasteiger partial charge in [-0.05, 0) is 23.6 Å². The number of sulfonamides is 2. The van der Waals surface area contributed by atoms with E-state index in [1.54, 1.807) is 47.8 Å². The third-order valence-electron chi connectivity index (χ3n) is 3.67. The van der Waals surface area contributed by atoms with Gasteiger partial charge in [-0.3, -0.25) is 0 Å². The molecule has 124 valence electrons. The van der Waals surface area contributed by atoms with Crippen molar-refractivity contribution in [1.29, 1.82) is 0 Å². The van der Waals surface area contributed by atoms with Crippen LogP contribution in [0.5, 0.6) is 0 Å². The summed E-state index contributed by atoms with van der Waals surface area (Å²) in [6.45, 7) is 0.627. The van der Waals surface area contributed by atoms with Crippen molar-refractivity contribution in [2.75, 3.05) is 26.2 Å². The number of benzene rings is 1. The number of hydrogen-bond donors (Lipinski definition) is 0. The van der Waals surface area contributed by atoms with E-state index in [1.165, 1.54) is 19.9 Å². The van der Waals surface area contributed by atoms with Crippen molar-refractivity contribution in [1.82, 2.24) is 8.61 Å². The summed E-state index contributed by atoms with van der Waals surface area (Å²) in [5.41, 5.74) is 0. The van der Waals surface area contributed by atoms with Crippen molar-refractivity contribution in [3.8, 4) is 0 Å². The zero-order valence-corrected chi connectivity index (χ0v) is 14.6. The first kappa shape index (κ1) is 16.6. The maximum atomic E-state index is 12.5. The molecule has 0 unspecified atom stereocenters. The van der Waals surface area contributed by atoms with E-state index in [9.17, 15) is 16.8 Å². The van der Waals surface area contributed by atoms with Crippen molar-refractivity contribution >= 4 is 31.4 Å². The Morgan fingerprint density at radius 1 is 0.739 bits per heavy atom. The Hall–Kier alpha value is -1.26. The normalized spacial score (nSPS) is 18.1. The minimum Gasteiger partial charge on any atom is -0.207 e. The molecule has 2 heterocycles. The molecule has 0 aliphatic carbocycles. The van der Waals surface area contributed by atoms with Crippen LogP contribution in [0.1, 0.15) is 0 Å². The van der Waals surface area contributed by atoms with E-state index in [2.05, 4.69) is 0 Å². The predicted octanol–water partition coefficient (Wildman–Crippen LogP) is 1.44. The van der Waals surface area contributed by atoms with Gasteiger partial charge in [0, 0.05) is 26.2 Å². The number of hydrogen-bond acceptors (Lipinski definition) is 5. The maximum Gasteiger partial charge on any atom is 0.252 e. The van der Waals surface area contributed by atoms with Crippen LogP contribution in [0.25, 0.3) is 0 Å². The van der Waals surface area contributed by atoms with Crippen molar-refractivity contribution in [2.24, 2.45) is 0 Å². The third-order valence-corrected chi connectivity index (χ3v) is 8.85. The van der Waals surface area contributed by atoms with Crippen LogP contribution < -0.4 is 0 Å². The SMILES string of the molecule is O=S(=O)(c1ccccc1)N1CCN(S(=O)(=O)c2cccs2)CC1. The van der Waals surface area contributed by atoms with Crippen LogP contribution in [-0.4, -0.2) is 51.6 Å². The average molecular weight is 372 g/mol. The van der Waals surface area contributed by atoms with Crippen LogP contribution in [0.15, 0.2) is 56.9 Å². The van der Waals surface area contributed by atoms with Crippen LogP contribution in [0.4, 0.5) is 0 Å². The minimum atomic E-state index is -3.57. The Morgan fingerprint density at radius 2 is 1.30 bits per heavy atom. The number of piperazine rings is 1. The van der Waals surface area contributed by atoms with Gasteiger partial charge in [0.15, 0.2) is 0 Å². The molecule has 1 saturated heterocycles. The zero-order valence-electron chi connectivity index (χ0n) is 12.2. The lowest BCUT2D eigenvalue weighted by Gasteiger charge is -2.32. The Balaban J connectivity index is 1.74. The molecule has 0 atom stereocenters. The van der Waals surface area contributed by atoms with Gasteiger partial charge in [-0.2, -0.15) is 8.61 Å². The van der Waals surface area contributed by atoms with Crippen molar-refractivity contribution in [3.63, 3.8) is 0 Å². The molecule has 1 aromatic heterocycles. The van der Waals surface area contributed by atoms with E-state index in [0.29, 0.717) is 0 Å². The second-order valence-electron chi connectivity index (χ2n) is 5.05. The van der Waals surface area contributed by atoms with E-state index in [0.717, 1.165) is 0 Å². The molecule has 9 heteroatoms. The largest absolute Gasteiger partial charge is 0.252 e. The van der Waals surface area contributed by atoms with E-state index in [4.69, 9.17) is 0 Å². The highest BCUT2D eigenvalue weighted by molar-refractivity contribution is 7.91. The minimum absolute atomic E-state index is 0.155. The number of nitrogens with zero attached hydrogens (tertiary/aromatic N) is 2. The maximum absolute atomic E-state index is 12.5. The Labute approximate surface area is 140 Å². The van der Waals surface area contributed by atoms with Gasteiger partial charge in [-0.1, -0.05) is 24.3 Å². The summed E-state index contributed by atoms with van der Waals surface area (Å²) < 4.78 is 52.9. The summed E-state index contributed by atoms with van der Waals surface area (Å²) in [5, 5.41) is 1.71. The molecule has 0 saturated carbocycles. The molecule has 23 heavy (non-hydrogen) atoms. The highest BCUT2D eigenvalue weighted by Gasteiger charge is 2.33. The number of thiophene rings is 1. The average Bonchev–Trinajstić information content (AvgIpc) is 3.11. The van der Waals surface area contributed by atoms with E-state index in [-0.39, 0.29) is 35.3 Å². The molecule has 2 aromatic rings. The summed E-state index contributed by atoms with van der Waals surface area (Å²) in [5.74, 6) is 0. The summed E-state index contributed by atoms with van der Waals surface area (Å²) in [6, 6.07) is 11.4. The molecule has 1 fully saturated rings. The van der Waals surface area contributed by atoms with Gasteiger partial charge in [-0.25, -0.2) is 16.8 Å². The van der Waals surface area contributed by atoms with Crippen LogP contribution in [0.3, 0.4) is 0 Å². The first-order chi connectivity index (χ1) is 10.9. The fourth-order valence-corrected chi connectivity index (χ4v) is 6.44. The van der Waals surface area contributed by atoms with E-state index >= 15 is 0 Å². The first-order valence-corrected chi connectivity index (χ1v) is 10.8. The fourth-order valence-electron chi connectivity index (χ4n) is 2.43. The smallest absolute Gasteiger partial charge is 0.207 e. The van der Waals surface area contributed by atoms with Gasteiger partial charge < -0.3 is 0 Å². The van der Waals surface area contributed by atoms with Crippen molar-refractivity contribution in [2.45, 2.75) is 9.10 Å². The monoisotopic (exact) mass is 372 g/mol. The molecule has 3 rings (SSSR count). The summed E-state index contributed by atoms with van der Waals surface area (Å²) in [4.78, 5) is 0.231. The molecular formula is C14H16N2O4S3. The van der Waals surface area contributed by atoms with Crippen molar-refractivity contribution in [3.05, 3.63) is 47.8 Å². The Kier molecular flexibility index (Phi) is 4.56. The van der Waals surface area contributed by atoms with Crippen LogP contribution in [0, 0.1) is 0 Å². The molecule has 1 aliphatic heterocycles. The molecule has 0 N–H and O–H groups in total. The third kappa shape index (κ3) is 3.20. The lowest BCUT2D eigenvalue weighted by molar-refractivity contribution is 0.273. The van der Waals surface area contributed by atoms with Gasteiger partial charge in [0.05, 0.1) is 4.90 Å². The standard InChI is InChI=1S/C14H16N2O4S3/c17-22(18,13-5-2-1-3-6-13)15-8-10-16(11-9-15)23(19,20)14-7-4-12-21-14/h1-7,12H,8-11H2. The topological polar surface area (TPSA) is 74.8 Å². The highest BCUT2D eigenvalue weighted by Crippen LogP contribution is 2.24. The first-order valence-electron chi connectivity index (χ1n) is 7.01. The van der Waals surface area contributed by atoms with E-state index in [1.807, 2.05) is 0 Å². The molecule has 1 aliphatic rings. The molecular weight excluding hydrogens is 356 g/mol. The van der Waals surface area contributed by atoms with Crippen LogP contribution in [0.2, 0.25) is 0 Å². The quantitative estimate of drug-likeness (QED) is 0.814. The van der Waals surface area contributed by atoms with Gasteiger partial charge in [0.2, 0.25) is 10.0 Å². The van der Waals surface area contributed by atoms with Gasteiger partial charge in [0.25, 0.3) is 10.0 Å². The second kappa shape index (κ2) is 6.33. The number of rotatable bonds is 4. The zero-order chi connectivity index (χ0) is 16.5. The highest BCUT2D eigenvalue weighted by atomic mass is 32.2. The summed E-state index contributed by atoms with van der Waals surface area (Å²) in [7, 11) is -7.09. The lowest BCUT2D eigenvalue weighted by atomic mass is 10.4. The molecule has 6 nitrogen and oxygen atoms in total. The Bertz CT molecular complexity index is 854. The molecule has 0 amide bonds. The summed E-state index contributed by atoms with van der Waals surface area (Å²) in [6.07, 6.45) is 0. The van der Waals surface area contributed by atoms with E-state index < -0.39 is 20.0 Å². The summed E-state index contributed by atoms with van der Waals surface area (Å²) >= 11 is 1.17. The molecule has 1 aromatic carbocycles. The molecule has 0 spiro atoms. The van der Waals surface area contributed by atoms with Gasteiger partial charge >= 0.3 is 0 Å². The van der Waals surface area contributed by atoms with Crippen LogP contribution >= 0.6 is 11.3 Å². The second-order valence-corrected chi connectivity index (χ2v) is 10.1. The van der Waals surface area contributed by atoms with Crippen LogP contribution in [-0.2, 0) is 20.0 Å². The van der Waals surface area contributed by atoms with Gasteiger partial charge in [0.1, 0.15) is 4.21 Å². The fraction of sp³-hybridized carbons (Fsp3) is 0.286. The lowest BCUT2D eigenvalue weighted by Crippen LogP contribution is -2.50. The molecule has 0 radical (unpaired) electrons. The molecule has 0 bridgehead atoms.